The van der Waals surface area contributed by atoms with Gasteiger partial charge in [-0.05, 0) is 56.8 Å². The Balaban J connectivity index is 1.49. The SMILES string of the molecule is O=C(N[C@@H]1CC[C@H]2CCC[C@H]21)c1n[nH]c2c1CCCC2. The average Bonchev–Trinajstić information content (AvgIpc) is 3.14. The molecule has 1 aromatic rings. The first kappa shape index (κ1) is 12.4. The molecule has 4 nitrogen and oxygen atoms in total. The average molecular weight is 273 g/mol. The molecule has 3 aliphatic carbocycles. The monoisotopic (exact) mass is 273 g/mol. The van der Waals surface area contributed by atoms with Gasteiger partial charge in [-0.15, -0.1) is 0 Å². The fraction of sp³-hybridized carbons (Fsp3) is 0.750. The highest BCUT2D eigenvalue weighted by Crippen LogP contribution is 2.44. The summed E-state index contributed by atoms with van der Waals surface area (Å²) in [6.07, 6.45) is 10.9. The van der Waals surface area contributed by atoms with Crippen LogP contribution in [0.3, 0.4) is 0 Å². The number of carbonyl (C=O) groups excluding carboxylic acids is 1. The van der Waals surface area contributed by atoms with Crippen molar-refractivity contribution < 1.29 is 4.79 Å². The molecule has 0 radical (unpaired) electrons. The van der Waals surface area contributed by atoms with E-state index in [1.807, 2.05) is 0 Å². The number of nitrogens with zero attached hydrogens (tertiary/aromatic N) is 1. The van der Waals surface area contributed by atoms with Crippen molar-refractivity contribution in [3.63, 3.8) is 0 Å². The number of aryl methyl sites for hydroxylation is 1. The third-order valence-corrected chi connectivity index (χ3v) is 5.67. The van der Waals surface area contributed by atoms with Gasteiger partial charge in [-0.3, -0.25) is 9.89 Å². The molecule has 1 amide bonds. The van der Waals surface area contributed by atoms with Crippen LogP contribution in [0.15, 0.2) is 0 Å². The quantitative estimate of drug-likeness (QED) is 0.870. The van der Waals surface area contributed by atoms with Crippen LogP contribution in [0.4, 0.5) is 0 Å². The first-order valence-corrected chi connectivity index (χ1v) is 8.20. The summed E-state index contributed by atoms with van der Waals surface area (Å²) in [4.78, 5) is 12.5. The van der Waals surface area contributed by atoms with Gasteiger partial charge in [0.25, 0.3) is 5.91 Å². The highest BCUT2D eigenvalue weighted by molar-refractivity contribution is 5.94. The number of aromatic nitrogens is 2. The molecule has 0 bridgehead atoms. The molecule has 0 aliphatic heterocycles. The second kappa shape index (κ2) is 4.90. The molecule has 2 N–H and O–H groups in total. The highest BCUT2D eigenvalue weighted by Gasteiger charge is 2.40. The maximum absolute atomic E-state index is 12.5. The molecule has 0 spiro atoms. The van der Waals surface area contributed by atoms with Gasteiger partial charge in [0.2, 0.25) is 0 Å². The second-order valence-electron chi connectivity index (χ2n) is 6.75. The van der Waals surface area contributed by atoms with Crippen molar-refractivity contribution in [3.05, 3.63) is 17.0 Å². The minimum Gasteiger partial charge on any atom is -0.348 e. The molecule has 1 heterocycles. The highest BCUT2D eigenvalue weighted by atomic mass is 16.2. The van der Waals surface area contributed by atoms with Crippen molar-refractivity contribution in [2.75, 3.05) is 0 Å². The molecule has 4 rings (SSSR count). The maximum Gasteiger partial charge on any atom is 0.272 e. The zero-order valence-electron chi connectivity index (χ0n) is 12.0. The Hall–Kier alpha value is -1.32. The summed E-state index contributed by atoms with van der Waals surface area (Å²) in [6, 6.07) is 0.394. The Labute approximate surface area is 119 Å². The van der Waals surface area contributed by atoms with Crippen molar-refractivity contribution in [2.24, 2.45) is 11.8 Å². The Bertz CT molecular complexity index is 522. The lowest BCUT2D eigenvalue weighted by molar-refractivity contribution is 0.0920. The van der Waals surface area contributed by atoms with Crippen LogP contribution >= 0.6 is 0 Å². The van der Waals surface area contributed by atoms with E-state index in [4.69, 9.17) is 0 Å². The predicted molar refractivity (Wildman–Crippen MR) is 76.5 cm³/mol. The van der Waals surface area contributed by atoms with E-state index in [-0.39, 0.29) is 5.91 Å². The number of rotatable bonds is 2. The maximum atomic E-state index is 12.5. The Morgan fingerprint density at radius 2 is 2.00 bits per heavy atom. The summed E-state index contributed by atoms with van der Waals surface area (Å²) in [6.45, 7) is 0. The number of hydrogen-bond donors (Lipinski definition) is 2. The van der Waals surface area contributed by atoms with Crippen LogP contribution in [0.5, 0.6) is 0 Å². The normalized spacial score (nSPS) is 31.9. The van der Waals surface area contributed by atoms with E-state index in [2.05, 4.69) is 15.5 Å². The van der Waals surface area contributed by atoms with E-state index in [9.17, 15) is 4.79 Å². The van der Waals surface area contributed by atoms with Crippen molar-refractivity contribution >= 4 is 5.91 Å². The second-order valence-corrected chi connectivity index (χ2v) is 6.75. The first-order chi connectivity index (χ1) is 9.83. The number of amides is 1. The summed E-state index contributed by atoms with van der Waals surface area (Å²) in [7, 11) is 0. The zero-order chi connectivity index (χ0) is 13.5. The fourth-order valence-corrected chi connectivity index (χ4v) is 4.65. The summed E-state index contributed by atoms with van der Waals surface area (Å²) in [5.74, 6) is 1.66. The van der Waals surface area contributed by atoms with E-state index in [1.54, 1.807) is 0 Å². The molecule has 20 heavy (non-hydrogen) atoms. The molecule has 2 fully saturated rings. The molecule has 3 atom stereocenters. The Kier molecular flexibility index (Phi) is 3.04. The van der Waals surface area contributed by atoms with Gasteiger partial charge in [0.15, 0.2) is 5.69 Å². The molecule has 1 aromatic heterocycles. The number of nitrogens with one attached hydrogen (secondary N) is 2. The van der Waals surface area contributed by atoms with Gasteiger partial charge in [0.05, 0.1) is 0 Å². The minimum absolute atomic E-state index is 0.0574. The third kappa shape index (κ3) is 1.97. The Morgan fingerprint density at radius 1 is 1.10 bits per heavy atom. The molecule has 2 saturated carbocycles. The summed E-state index contributed by atoms with van der Waals surface area (Å²) in [5.41, 5.74) is 3.03. The van der Waals surface area contributed by atoms with Gasteiger partial charge in [0.1, 0.15) is 0 Å². The molecular formula is C16H23N3O. The van der Waals surface area contributed by atoms with Crippen molar-refractivity contribution in [1.82, 2.24) is 15.5 Å². The Morgan fingerprint density at radius 3 is 2.95 bits per heavy atom. The molecule has 0 saturated heterocycles. The smallest absolute Gasteiger partial charge is 0.272 e. The van der Waals surface area contributed by atoms with Crippen LogP contribution < -0.4 is 5.32 Å². The van der Waals surface area contributed by atoms with E-state index in [0.717, 1.165) is 31.1 Å². The fourth-order valence-electron chi connectivity index (χ4n) is 4.65. The predicted octanol–water partition coefficient (Wildman–Crippen LogP) is 2.60. The summed E-state index contributed by atoms with van der Waals surface area (Å²) < 4.78 is 0. The van der Waals surface area contributed by atoms with Crippen molar-refractivity contribution in [1.29, 1.82) is 0 Å². The largest absolute Gasteiger partial charge is 0.348 e. The number of aromatic amines is 1. The summed E-state index contributed by atoms with van der Waals surface area (Å²) in [5, 5.41) is 10.6. The van der Waals surface area contributed by atoms with Crippen LogP contribution in [-0.4, -0.2) is 22.1 Å². The van der Waals surface area contributed by atoms with Gasteiger partial charge in [0, 0.05) is 17.3 Å². The van der Waals surface area contributed by atoms with Crippen LogP contribution in [0, 0.1) is 11.8 Å². The van der Waals surface area contributed by atoms with Gasteiger partial charge in [-0.1, -0.05) is 12.8 Å². The molecule has 3 aliphatic rings. The van der Waals surface area contributed by atoms with Crippen molar-refractivity contribution in [3.8, 4) is 0 Å². The first-order valence-electron chi connectivity index (χ1n) is 8.20. The minimum atomic E-state index is 0.0574. The molecule has 108 valence electrons. The molecular weight excluding hydrogens is 250 g/mol. The van der Waals surface area contributed by atoms with Gasteiger partial charge >= 0.3 is 0 Å². The summed E-state index contributed by atoms with van der Waals surface area (Å²) >= 11 is 0. The zero-order valence-corrected chi connectivity index (χ0v) is 12.0. The lowest BCUT2D eigenvalue weighted by atomic mass is 9.95. The molecule has 4 heteroatoms. The van der Waals surface area contributed by atoms with Gasteiger partial charge in [-0.2, -0.15) is 5.10 Å². The van der Waals surface area contributed by atoms with E-state index in [0.29, 0.717) is 11.7 Å². The third-order valence-electron chi connectivity index (χ3n) is 5.67. The van der Waals surface area contributed by atoms with E-state index >= 15 is 0 Å². The van der Waals surface area contributed by atoms with Crippen LogP contribution in [-0.2, 0) is 12.8 Å². The number of hydrogen-bond acceptors (Lipinski definition) is 2. The van der Waals surface area contributed by atoms with E-state index < -0.39 is 0 Å². The lowest BCUT2D eigenvalue weighted by Gasteiger charge is -2.20. The van der Waals surface area contributed by atoms with E-state index in [1.165, 1.54) is 49.8 Å². The van der Waals surface area contributed by atoms with Gasteiger partial charge < -0.3 is 5.32 Å². The molecule has 0 unspecified atom stereocenters. The number of carbonyl (C=O) groups is 1. The number of fused-ring (bicyclic) bond motifs is 2. The standard InChI is InChI=1S/C16H23N3O/c20-16(15-12-5-1-2-7-14(12)18-19-15)17-13-9-8-10-4-3-6-11(10)13/h10-11,13H,1-9H2,(H,17,20)(H,18,19)/t10-,11-,13-/m1/s1. The van der Waals surface area contributed by atoms with Crippen molar-refractivity contribution in [2.45, 2.75) is 63.8 Å². The van der Waals surface area contributed by atoms with Crippen LogP contribution in [0.25, 0.3) is 0 Å². The van der Waals surface area contributed by atoms with Crippen LogP contribution in [0.2, 0.25) is 0 Å². The number of H-pyrrole nitrogens is 1. The molecule has 0 aromatic carbocycles. The lowest BCUT2D eigenvalue weighted by Crippen LogP contribution is -2.38. The van der Waals surface area contributed by atoms with Crippen LogP contribution in [0.1, 0.15) is 66.7 Å². The topological polar surface area (TPSA) is 57.8 Å². The van der Waals surface area contributed by atoms with Gasteiger partial charge in [-0.25, -0.2) is 0 Å².